The molecule has 0 heterocycles. The molecule has 0 saturated carbocycles. The first-order valence-corrected chi connectivity index (χ1v) is 4.78. The van der Waals surface area contributed by atoms with Crippen LogP contribution in [0.15, 0.2) is 6.07 Å². The van der Waals surface area contributed by atoms with Gasteiger partial charge in [0.1, 0.15) is 11.5 Å². The van der Waals surface area contributed by atoms with E-state index in [9.17, 15) is 9.90 Å². The maximum atomic E-state index is 11.0. The van der Waals surface area contributed by atoms with Crippen molar-refractivity contribution in [1.82, 2.24) is 0 Å². The first kappa shape index (κ1) is 11.1. The van der Waals surface area contributed by atoms with E-state index in [4.69, 9.17) is 11.6 Å². The Kier molecular flexibility index (Phi) is 3.17. The summed E-state index contributed by atoms with van der Waals surface area (Å²) >= 11 is 5.99. The van der Waals surface area contributed by atoms with Crippen LogP contribution in [0.5, 0.6) is 5.75 Å². The topological polar surface area (TPSA) is 37.3 Å². The number of halogens is 1. The Bertz CT molecular complexity index is 383. The van der Waals surface area contributed by atoms with Gasteiger partial charge in [-0.25, -0.2) is 0 Å². The third kappa shape index (κ3) is 2.07. The fourth-order valence-electron chi connectivity index (χ4n) is 1.43. The highest BCUT2D eigenvalue weighted by Gasteiger charge is 2.12. The predicted octanol–water partition coefficient (Wildman–Crippen LogP) is 2.79. The monoisotopic (exact) mass is 212 g/mol. The molecule has 0 aliphatic carbocycles. The zero-order chi connectivity index (χ0) is 10.9. The lowest BCUT2D eigenvalue weighted by Gasteiger charge is -2.10. The molecule has 0 fully saturated rings. The van der Waals surface area contributed by atoms with Crippen molar-refractivity contribution >= 4 is 17.4 Å². The number of ketones is 1. The molecule has 0 bridgehead atoms. The molecule has 1 aromatic rings. The van der Waals surface area contributed by atoms with E-state index >= 15 is 0 Å². The number of phenolic OH excluding ortho intramolecular Hbond substituents is 1. The first-order chi connectivity index (χ1) is 6.43. The average Bonchev–Trinajstić information content (AvgIpc) is 2.09. The molecule has 0 atom stereocenters. The Morgan fingerprint density at radius 2 is 2.07 bits per heavy atom. The third-order valence-corrected chi connectivity index (χ3v) is 2.58. The van der Waals surface area contributed by atoms with E-state index in [0.29, 0.717) is 10.6 Å². The number of phenols is 1. The highest BCUT2D eigenvalue weighted by Crippen LogP contribution is 2.31. The number of Topliss-reactive ketones (excluding diaryl/α,β-unsaturated/α-hetero) is 1. The lowest BCUT2D eigenvalue weighted by molar-refractivity contribution is -0.116. The second-order valence-corrected chi connectivity index (χ2v) is 3.91. The zero-order valence-corrected chi connectivity index (χ0v) is 9.27. The lowest BCUT2D eigenvalue weighted by atomic mass is 10.00. The van der Waals surface area contributed by atoms with Crippen LogP contribution in [0.25, 0.3) is 0 Å². The quantitative estimate of drug-likeness (QED) is 0.819. The van der Waals surface area contributed by atoms with Gasteiger partial charge < -0.3 is 5.11 Å². The molecule has 0 aromatic heterocycles. The fraction of sp³-hybridized carbons (Fsp3) is 0.364. The van der Waals surface area contributed by atoms with Crippen LogP contribution in [0.1, 0.15) is 23.6 Å². The maximum Gasteiger partial charge on any atom is 0.134 e. The van der Waals surface area contributed by atoms with Crippen molar-refractivity contribution in [3.8, 4) is 5.75 Å². The van der Waals surface area contributed by atoms with Gasteiger partial charge in [-0.1, -0.05) is 11.6 Å². The highest BCUT2D eigenvalue weighted by atomic mass is 35.5. The van der Waals surface area contributed by atoms with Crippen LogP contribution >= 0.6 is 11.6 Å². The smallest absolute Gasteiger partial charge is 0.134 e. The van der Waals surface area contributed by atoms with Crippen LogP contribution < -0.4 is 0 Å². The fourth-order valence-corrected chi connectivity index (χ4v) is 1.80. The summed E-state index contributed by atoms with van der Waals surface area (Å²) in [5, 5.41) is 10.2. The lowest BCUT2D eigenvalue weighted by Crippen LogP contribution is -2.00. The minimum absolute atomic E-state index is 0.0400. The molecule has 0 radical (unpaired) electrons. The summed E-state index contributed by atoms with van der Waals surface area (Å²) in [5.74, 6) is 0.268. The van der Waals surface area contributed by atoms with Crippen molar-refractivity contribution in [2.45, 2.75) is 27.2 Å². The number of hydrogen-bond acceptors (Lipinski definition) is 2. The molecule has 1 rings (SSSR count). The normalized spacial score (nSPS) is 10.3. The largest absolute Gasteiger partial charge is 0.507 e. The van der Waals surface area contributed by atoms with Gasteiger partial charge in [-0.05, 0) is 43.5 Å². The molecular formula is C11H13ClO2. The molecule has 76 valence electrons. The number of aromatic hydroxyl groups is 1. The Labute approximate surface area is 88.5 Å². The number of carbonyl (C=O) groups excluding carboxylic acids is 1. The van der Waals surface area contributed by atoms with Crippen LogP contribution in [-0.2, 0) is 11.2 Å². The minimum Gasteiger partial charge on any atom is -0.507 e. The number of carbonyl (C=O) groups is 1. The molecule has 0 amide bonds. The van der Waals surface area contributed by atoms with E-state index in [1.807, 2.05) is 0 Å². The standard InChI is InChI=1S/C11H13ClO2/c1-6-4-10(12)9(5-7(2)13)8(3)11(6)14/h4,14H,5H2,1-3H3. The first-order valence-electron chi connectivity index (χ1n) is 4.40. The molecule has 14 heavy (non-hydrogen) atoms. The molecule has 1 aromatic carbocycles. The van der Waals surface area contributed by atoms with Crippen LogP contribution in [0.2, 0.25) is 5.02 Å². The van der Waals surface area contributed by atoms with Crippen molar-refractivity contribution < 1.29 is 9.90 Å². The van der Waals surface area contributed by atoms with E-state index in [2.05, 4.69) is 0 Å². The summed E-state index contributed by atoms with van der Waals surface area (Å²) in [6, 6.07) is 1.68. The Morgan fingerprint density at radius 1 is 1.50 bits per heavy atom. The van der Waals surface area contributed by atoms with E-state index < -0.39 is 0 Å². The summed E-state index contributed by atoms with van der Waals surface area (Å²) < 4.78 is 0. The molecule has 0 aliphatic rings. The van der Waals surface area contributed by atoms with Crippen molar-refractivity contribution in [2.75, 3.05) is 0 Å². The molecule has 0 aliphatic heterocycles. The highest BCUT2D eigenvalue weighted by molar-refractivity contribution is 6.31. The van der Waals surface area contributed by atoms with Gasteiger partial charge in [0.2, 0.25) is 0 Å². The second kappa shape index (κ2) is 4.01. The van der Waals surface area contributed by atoms with Gasteiger partial charge in [-0.3, -0.25) is 4.79 Å². The Hall–Kier alpha value is -1.02. The van der Waals surface area contributed by atoms with Crippen molar-refractivity contribution in [3.05, 3.63) is 27.8 Å². The predicted molar refractivity (Wildman–Crippen MR) is 57.0 cm³/mol. The van der Waals surface area contributed by atoms with E-state index in [1.165, 1.54) is 6.92 Å². The minimum atomic E-state index is 0.0400. The summed E-state index contributed by atoms with van der Waals surface area (Å²) in [6.07, 6.45) is 0.276. The molecule has 1 N–H and O–H groups in total. The second-order valence-electron chi connectivity index (χ2n) is 3.51. The molecular weight excluding hydrogens is 200 g/mol. The van der Waals surface area contributed by atoms with E-state index in [0.717, 1.165) is 11.1 Å². The molecule has 2 nitrogen and oxygen atoms in total. The van der Waals surface area contributed by atoms with Crippen LogP contribution in [0, 0.1) is 13.8 Å². The summed E-state index contributed by atoms with van der Waals surface area (Å²) in [6.45, 7) is 5.06. The average molecular weight is 213 g/mol. The van der Waals surface area contributed by atoms with E-state index in [-0.39, 0.29) is 18.0 Å². The van der Waals surface area contributed by atoms with E-state index in [1.54, 1.807) is 19.9 Å². The van der Waals surface area contributed by atoms with Gasteiger partial charge in [0.05, 0.1) is 0 Å². The van der Waals surface area contributed by atoms with Crippen molar-refractivity contribution in [1.29, 1.82) is 0 Å². The van der Waals surface area contributed by atoms with Gasteiger partial charge in [-0.2, -0.15) is 0 Å². The summed E-state index contributed by atoms with van der Waals surface area (Å²) in [4.78, 5) is 11.0. The number of benzene rings is 1. The molecule has 0 unspecified atom stereocenters. The number of aryl methyl sites for hydroxylation is 1. The maximum absolute atomic E-state index is 11.0. The Morgan fingerprint density at radius 3 is 2.57 bits per heavy atom. The van der Waals surface area contributed by atoms with Gasteiger partial charge >= 0.3 is 0 Å². The van der Waals surface area contributed by atoms with Crippen LogP contribution in [0.4, 0.5) is 0 Å². The number of hydrogen-bond donors (Lipinski definition) is 1. The van der Waals surface area contributed by atoms with Gasteiger partial charge in [0.15, 0.2) is 0 Å². The van der Waals surface area contributed by atoms with Crippen LogP contribution in [-0.4, -0.2) is 10.9 Å². The SMILES string of the molecule is CC(=O)Cc1c(Cl)cc(C)c(O)c1C. The third-order valence-electron chi connectivity index (χ3n) is 2.24. The van der Waals surface area contributed by atoms with Gasteiger partial charge in [0.25, 0.3) is 0 Å². The van der Waals surface area contributed by atoms with Gasteiger partial charge in [0, 0.05) is 11.4 Å². The van der Waals surface area contributed by atoms with Crippen molar-refractivity contribution in [2.24, 2.45) is 0 Å². The molecule has 0 saturated heterocycles. The number of rotatable bonds is 2. The van der Waals surface area contributed by atoms with Crippen molar-refractivity contribution in [3.63, 3.8) is 0 Å². The van der Waals surface area contributed by atoms with Gasteiger partial charge in [-0.15, -0.1) is 0 Å². The summed E-state index contributed by atoms with van der Waals surface area (Å²) in [7, 11) is 0. The molecule has 3 heteroatoms. The Balaban J connectivity index is 3.29. The molecule has 0 spiro atoms. The zero-order valence-electron chi connectivity index (χ0n) is 8.52. The van der Waals surface area contributed by atoms with Crippen LogP contribution in [0.3, 0.4) is 0 Å². The summed E-state index contributed by atoms with van der Waals surface area (Å²) in [5.41, 5.74) is 2.16.